The van der Waals surface area contributed by atoms with Crippen molar-refractivity contribution in [2.24, 2.45) is 0 Å². The number of thioether (sulfide) groups is 1. The number of fused-ring (bicyclic) bond motifs is 1. The second kappa shape index (κ2) is 5.61. The van der Waals surface area contributed by atoms with Gasteiger partial charge in [-0.25, -0.2) is 0 Å². The van der Waals surface area contributed by atoms with E-state index >= 15 is 0 Å². The standard InChI is InChI=1S/C11H17O4PS/c1-3-14-16(12,15-4-2)11-8-17-7-10-9(11)5-6-13-10/h5-6,11H,3-4,7-8H2,1-2H3. The van der Waals surface area contributed by atoms with Gasteiger partial charge in [-0.05, 0) is 19.9 Å². The molecule has 2 rings (SSSR count). The highest BCUT2D eigenvalue weighted by atomic mass is 32.2. The van der Waals surface area contributed by atoms with Gasteiger partial charge in [-0.15, -0.1) is 0 Å². The molecule has 17 heavy (non-hydrogen) atoms. The number of hydrogen-bond acceptors (Lipinski definition) is 5. The lowest BCUT2D eigenvalue weighted by molar-refractivity contribution is 0.213. The maximum Gasteiger partial charge on any atom is 0.339 e. The Balaban J connectivity index is 2.30. The van der Waals surface area contributed by atoms with Crippen molar-refractivity contribution in [1.29, 1.82) is 0 Å². The topological polar surface area (TPSA) is 48.7 Å². The molecule has 0 aliphatic carbocycles. The van der Waals surface area contributed by atoms with Crippen molar-refractivity contribution in [3.8, 4) is 0 Å². The van der Waals surface area contributed by atoms with E-state index in [4.69, 9.17) is 13.5 Å². The van der Waals surface area contributed by atoms with Gasteiger partial charge >= 0.3 is 7.60 Å². The molecule has 0 N–H and O–H groups in total. The summed E-state index contributed by atoms with van der Waals surface area (Å²) in [6, 6.07) is 1.88. The molecular formula is C11H17O4PS. The Kier molecular flexibility index (Phi) is 4.36. The molecule has 6 heteroatoms. The predicted octanol–water partition coefficient (Wildman–Crippen LogP) is 3.83. The van der Waals surface area contributed by atoms with Gasteiger partial charge in [0.2, 0.25) is 0 Å². The first kappa shape index (κ1) is 13.2. The Bertz CT molecular complexity index is 407. The van der Waals surface area contributed by atoms with Gasteiger partial charge in [0.25, 0.3) is 0 Å². The molecule has 0 amide bonds. The van der Waals surface area contributed by atoms with E-state index in [0.29, 0.717) is 13.2 Å². The molecule has 96 valence electrons. The van der Waals surface area contributed by atoms with Gasteiger partial charge in [0.15, 0.2) is 0 Å². The Morgan fingerprint density at radius 1 is 1.47 bits per heavy atom. The summed E-state index contributed by atoms with van der Waals surface area (Å²) in [6.07, 6.45) is 1.64. The van der Waals surface area contributed by atoms with Crippen LogP contribution in [0.2, 0.25) is 0 Å². The molecular weight excluding hydrogens is 259 g/mol. The van der Waals surface area contributed by atoms with Gasteiger partial charge in [-0.2, -0.15) is 11.8 Å². The number of furan rings is 1. The second-order valence-corrected chi connectivity index (χ2v) is 6.96. The number of hydrogen-bond donors (Lipinski definition) is 0. The minimum Gasteiger partial charge on any atom is -0.468 e. The number of rotatable bonds is 5. The van der Waals surface area contributed by atoms with Crippen molar-refractivity contribution in [2.45, 2.75) is 25.3 Å². The van der Waals surface area contributed by atoms with Crippen molar-refractivity contribution in [3.05, 3.63) is 23.7 Å². The summed E-state index contributed by atoms with van der Waals surface area (Å²) in [5.74, 6) is 2.48. The molecule has 1 unspecified atom stereocenters. The molecule has 2 heterocycles. The maximum absolute atomic E-state index is 12.7. The zero-order chi connectivity index (χ0) is 12.3. The second-order valence-electron chi connectivity index (χ2n) is 3.71. The van der Waals surface area contributed by atoms with E-state index in [2.05, 4.69) is 0 Å². The summed E-state index contributed by atoms with van der Waals surface area (Å²) in [6.45, 7) is 4.45. The molecule has 0 saturated heterocycles. The summed E-state index contributed by atoms with van der Waals surface area (Å²) in [5, 5.41) is 0. The van der Waals surface area contributed by atoms with Crippen LogP contribution in [-0.4, -0.2) is 19.0 Å². The van der Waals surface area contributed by atoms with Crippen LogP contribution in [0.25, 0.3) is 0 Å². The minimum absolute atomic E-state index is 0.199. The van der Waals surface area contributed by atoms with Gasteiger partial charge in [0.1, 0.15) is 5.76 Å². The molecule has 1 aliphatic rings. The fraction of sp³-hybridized carbons (Fsp3) is 0.636. The van der Waals surface area contributed by atoms with Crippen LogP contribution in [0.4, 0.5) is 0 Å². The van der Waals surface area contributed by atoms with E-state index < -0.39 is 7.60 Å². The zero-order valence-electron chi connectivity index (χ0n) is 10.0. The third-order valence-electron chi connectivity index (χ3n) is 2.65. The van der Waals surface area contributed by atoms with Crippen LogP contribution in [0.3, 0.4) is 0 Å². The summed E-state index contributed by atoms with van der Waals surface area (Å²) in [5.41, 5.74) is 0.781. The van der Waals surface area contributed by atoms with Crippen LogP contribution < -0.4 is 0 Å². The third kappa shape index (κ3) is 2.63. The van der Waals surface area contributed by atoms with Crippen molar-refractivity contribution >= 4 is 19.4 Å². The van der Waals surface area contributed by atoms with Crippen LogP contribution >= 0.6 is 19.4 Å². The molecule has 0 fully saturated rings. The molecule has 4 nitrogen and oxygen atoms in total. The van der Waals surface area contributed by atoms with Crippen LogP contribution in [0, 0.1) is 0 Å². The van der Waals surface area contributed by atoms with E-state index in [0.717, 1.165) is 22.8 Å². The van der Waals surface area contributed by atoms with E-state index in [9.17, 15) is 4.57 Å². The van der Waals surface area contributed by atoms with Crippen molar-refractivity contribution in [3.63, 3.8) is 0 Å². The first-order chi connectivity index (χ1) is 8.21. The molecule has 1 aliphatic heterocycles. The van der Waals surface area contributed by atoms with Crippen LogP contribution in [0.5, 0.6) is 0 Å². The molecule has 0 aromatic carbocycles. The highest BCUT2D eigenvalue weighted by Gasteiger charge is 2.40. The summed E-state index contributed by atoms with van der Waals surface area (Å²) in [7, 11) is -3.07. The van der Waals surface area contributed by atoms with Gasteiger partial charge in [0, 0.05) is 11.3 Å². The zero-order valence-corrected chi connectivity index (χ0v) is 11.8. The first-order valence-corrected chi connectivity index (χ1v) is 8.50. The SMILES string of the molecule is CCOP(=O)(OCC)C1CSCc2occc21. The van der Waals surface area contributed by atoms with E-state index in [1.807, 2.05) is 19.9 Å². The molecule has 0 bridgehead atoms. The normalized spacial score (nSPS) is 20.2. The maximum atomic E-state index is 12.7. The Morgan fingerprint density at radius 2 is 2.18 bits per heavy atom. The molecule has 1 aromatic rings. The summed E-state index contributed by atoms with van der Waals surface area (Å²) in [4.78, 5) is 0. The predicted molar refractivity (Wildman–Crippen MR) is 68.5 cm³/mol. The lowest BCUT2D eigenvalue weighted by Crippen LogP contribution is -2.13. The minimum atomic E-state index is -3.07. The summed E-state index contributed by atoms with van der Waals surface area (Å²) >= 11 is 1.70. The summed E-state index contributed by atoms with van der Waals surface area (Å²) < 4.78 is 28.9. The van der Waals surface area contributed by atoms with Crippen LogP contribution in [0.1, 0.15) is 30.8 Å². The quantitative estimate of drug-likeness (QED) is 0.765. The molecule has 1 atom stereocenters. The fourth-order valence-electron chi connectivity index (χ4n) is 1.96. The fourth-order valence-corrected chi connectivity index (χ4v) is 5.67. The van der Waals surface area contributed by atoms with Gasteiger partial charge < -0.3 is 13.5 Å². The van der Waals surface area contributed by atoms with Gasteiger partial charge in [0.05, 0.1) is 30.9 Å². The molecule has 0 saturated carbocycles. The van der Waals surface area contributed by atoms with Gasteiger partial charge in [-0.1, -0.05) is 0 Å². The molecule has 0 spiro atoms. The average molecular weight is 276 g/mol. The van der Waals surface area contributed by atoms with Crippen molar-refractivity contribution in [1.82, 2.24) is 0 Å². The van der Waals surface area contributed by atoms with Crippen molar-refractivity contribution < 1.29 is 18.0 Å². The van der Waals surface area contributed by atoms with E-state index in [-0.39, 0.29) is 5.66 Å². The monoisotopic (exact) mass is 276 g/mol. The lowest BCUT2D eigenvalue weighted by Gasteiger charge is -2.28. The highest BCUT2D eigenvalue weighted by molar-refractivity contribution is 7.98. The smallest absolute Gasteiger partial charge is 0.339 e. The van der Waals surface area contributed by atoms with Crippen molar-refractivity contribution in [2.75, 3.05) is 19.0 Å². The molecule has 1 aromatic heterocycles. The lowest BCUT2D eigenvalue weighted by atomic mass is 10.2. The third-order valence-corrected chi connectivity index (χ3v) is 6.39. The van der Waals surface area contributed by atoms with Crippen LogP contribution in [-0.2, 0) is 19.4 Å². The Hall–Kier alpha value is -0.220. The van der Waals surface area contributed by atoms with E-state index in [1.165, 1.54) is 0 Å². The Morgan fingerprint density at radius 3 is 2.82 bits per heavy atom. The largest absolute Gasteiger partial charge is 0.468 e. The Labute approximate surface area is 106 Å². The molecule has 0 radical (unpaired) electrons. The first-order valence-electron chi connectivity index (χ1n) is 5.74. The van der Waals surface area contributed by atoms with E-state index in [1.54, 1.807) is 18.0 Å². The van der Waals surface area contributed by atoms with Gasteiger partial charge in [-0.3, -0.25) is 4.57 Å². The van der Waals surface area contributed by atoms with Crippen LogP contribution in [0.15, 0.2) is 16.7 Å². The highest BCUT2D eigenvalue weighted by Crippen LogP contribution is 2.63. The average Bonchev–Trinajstić information content (AvgIpc) is 2.77.